The van der Waals surface area contributed by atoms with Crippen LogP contribution in [0.25, 0.3) is 0 Å². The zero-order valence-corrected chi connectivity index (χ0v) is 16.9. The first-order chi connectivity index (χ1) is 14.6. The number of rotatable bonds is 6. The van der Waals surface area contributed by atoms with Crippen molar-refractivity contribution in [1.82, 2.24) is 10.3 Å². The Morgan fingerprint density at radius 3 is 2.60 bits per heavy atom. The monoisotopic (exact) mass is 426 g/mol. The van der Waals surface area contributed by atoms with Gasteiger partial charge in [0, 0.05) is 23.7 Å². The molecule has 0 spiro atoms. The number of ketones is 1. The number of anilines is 1. The van der Waals surface area contributed by atoms with Gasteiger partial charge < -0.3 is 4.74 Å². The number of benzene rings is 2. The average Bonchev–Trinajstić information content (AvgIpc) is 3.18. The number of nitrogens with one attached hydrogen (secondary N) is 1. The molecule has 0 bridgehead atoms. The Bertz CT molecular complexity index is 1010. The summed E-state index contributed by atoms with van der Waals surface area (Å²) in [5.74, 6) is 0.143. The van der Waals surface area contributed by atoms with Crippen LogP contribution in [-0.2, 0) is 4.79 Å². The van der Waals surface area contributed by atoms with E-state index in [1.807, 2.05) is 31.2 Å². The molecule has 2 aromatic carbocycles. The molecule has 0 aromatic heterocycles. The first-order valence-corrected chi connectivity index (χ1v) is 10.3. The summed E-state index contributed by atoms with van der Waals surface area (Å²) in [7, 11) is 0. The quantitative estimate of drug-likeness (QED) is 0.716. The summed E-state index contributed by atoms with van der Waals surface area (Å²) < 4.78 is 18.4. The Labute approximate surface area is 177 Å². The third-order valence-corrected chi connectivity index (χ3v) is 5.52. The second-order valence-corrected chi connectivity index (χ2v) is 7.43. The first kappa shape index (κ1) is 20.0. The van der Waals surface area contributed by atoms with Gasteiger partial charge in [0.25, 0.3) is 5.91 Å². The van der Waals surface area contributed by atoms with E-state index in [9.17, 15) is 14.0 Å². The second-order valence-electron chi connectivity index (χ2n) is 6.49. The van der Waals surface area contributed by atoms with E-state index in [2.05, 4.69) is 10.5 Å². The van der Waals surface area contributed by atoms with Crippen LogP contribution in [-0.4, -0.2) is 40.3 Å². The van der Waals surface area contributed by atoms with E-state index in [1.54, 1.807) is 17.3 Å². The predicted octanol–water partition coefficient (Wildman–Crippen LogP) is 3.16. The minimum Gasteiger partial charge on any atom is -0.494 e. The molecule has 0 radical (unpaired) electrons. The van der Waals surface area contributed by atoms with Crippen molar-refractivity contribution in [2.45, 2.75) is 13.1 Å². The number of carbonyl (C=O) groups is 2. The van der Waals surface area contributed by atoms with Gasteiger partial charge in [-0.1, -0.05) is 11.8 Å². The molecular weight excluding hydrogens is 407 g/mol. The Balaban J connectivity index is 1.40. The number of halogens is 1. The van der Waals surface area contributed by atoms with Gasteiger partial charge in [0.15, 0.2) is 11.0 Å². The number of ether oxygens (including phenoxy) is 1. The number of carbonyl (C=O) groups excluding carboxylic acids is 2. The first-order valence-electron chi connectivity index (χ1n) is 9.34. The van der Waals surface area contributed by atoms with E-state index in [1.165, 1.54) is 40.9 Å². The van der Waals surface area contributed by atoms with Crippen molar-refractivity contribution in [3.05, 3.63) is 72.3 Å². The number of Topliss-reactive ketones (excluding diaryl/α,β-unsaturated/α-hetero) is 1. The summed E-state index contributed by atoms with van der Waals surface area (Å²) in [6, 6.07) is 12.7. The molecule has 2 aromatic rings. The van der Waals surface area contributed by atoms with Gasteiger partial charge in [0.05, 0.1) is 12.4 Å². The Morgan fingerprint density at radius 1 is 1.17 bits per heavy atom. The lowest BCUT2D eigenvalue weighted by molar-refractivity contribution is -0.122. The number of hydrazone groups is 1. The van der Waals surface area contributed by atoms with Crippen LogP contribution in [0, 0.1) is 5.82 Å². The number of hydrogen-bond donors (Lipinski definition) is 1. The molecule has 0 saturated carbocycles. The summed E-state index contributed by atoms with van der Waals surface area (Å²) in [5, 5.41) is 4.72. The average molecular weight is 426 g/mol. The topological polar surface area (TPSA) is 74.2 Å². The Morgan fingerprint density at radius 2 is 1.90 bits per heavy atom. The van der Waals surface area contributed by atoms with Crippen molar-refractivity contribution in [3.63, 3.8) is 0 Å². The molecule has 1 amide bonds. The molecule has 0 fully saturated rings. The second kappa shape index (κ2) is 8.58. The maximum atomic E-state index is 13.0. The number of hydrogen-bond acceptors (Lipinski definition) is 7. The minimum atomic E-state index is -0.676. The molecule has 7 nitrogen and oxygen atoms in total. The molecular formula is C21H19FN4O3S. The summed E-state index contributed by atoms with van der Waals surface area (Å²) in [4.78, 5) is 28.4. The van der Waals surface area contributed by atoms with Crippen LogP contribution in [0.15, 0.2) is 66.0 Å². The number of thioether (sulfide) groups is 1. The molecule has 9 heteroatoms. The van der Waals surface area contributed by atoms with Gasteiger partial charge in [-0.3, -0.25) is 24.8 Å². The normalized spacial score (nSPS) is 17.5. The Kier molecular flexibility index (Phi) is 5.71. The highest BCUT2D eigenvalue weighted by Gasteiger charge is 2.38. The van der Waals surface area contributed by atoms with Crippen LogP contribution >= 0.6 is 11.8 Å². The van der Waals surface area contributed by atoms with Crippen LogP contribution in [0.3, 0.4) is 0 Å². The molecule has 1 atom stereocenters. The van der Waals surface area contributed by atoms with Crippen molar-refractivity contribution < 1.29 is 18.7 Å². The lowest BCUT2D eigenvalue weighted by Gasteiger charge is -2.31. The fourth-order valence-corrected chi connectivity index (χ4v) is 3.91. The molecule has 1 N–H and O–H groups in total. The molecule has 0 saturated heterocycles. The van der Waals surface area contributed by atoms with Crippen molar-refractivity contribution in [3.8, 4) is 5.75 Å². The van der Waals surface area contributed by atoms with Crippen molar-refractivity contribution in [1.29, 1.82) is 0 Å². The van der Waals surface area contributed by atoms with E-state index >= 15 is 0 Å². The van der Waals surface area contributed by atoms with Crippen LogP contribution in [0.5, 0.6) is 5.75 Å². The maximum Gasteiger partial charge on any atom is 0.276 e. The van der Waals surface area contributed by atoms with Gasteiger partial charge in [0.1, 0.15) is 11.6 Å². The van der Waals surface area contributed by atoms with Gasteiger partial charge >= 0.3 is 0 Å². The standard InChI is InChI=1S/C21H19FN4O3S/c1-2-29-17-9-7-16(8-10-17)25-11-12-26-19(20(25)28)23-24-21(26)30-13-18(27)14-3-5-15(22)6-4-14/h3-12,19,23H,2,13H2,1H3. The number of nitrogens with zero attached hydrogens (tertiary/aromatic N) is 3. The zero-order chi connectivity index (χ0) is 21.1. The molecule has 0 aliphatic carbocycles. The van der Waals surface area contributed by atoms with Gasteiger partial charge in [-0.2, -0.15) is 5.10 Å². The van der Waals surface area contributed by atoms with Gasteiger partial charge in [-0.25, -0.2) is 4.39 Å². The van der Waals surface area contributed by atoms with E-state index < -0.39 is 6.17 Å². The van der Waals surface area contributed by atoms with Gasteiger partial charge in [-0.05, 0) is 55.5 Å². The van der Waals surface area contributed by atoms with Crippen LogP contribution in [0.4, 0.5) is 10.1 Å². The minimum absolute atomic E-state index is 0.125. The van der Waals surface area contributed by atoms with Crippen molar-refractivity contribution >= 4 is 34.3 Å². The molecule has 30 heavy (non-hydrogen) atoms. The van der Waals surface area contributed by atoms with Crippen LogP contribution in [0.2, 0.25) is 0 Å². The van der Waals surface area contributed by atoms with E-state index in [-0.39, 0.29) is 23.3 Å². The lowest BCUT2D eigenvalue weighted by atomic mass is 10.1. The summed E-state index contributed by atoms with van der Waals surface area (Å²) >= 11 is 1.21. The van der Waals surface area contributed by atoms with Crippen molar-refractivity contribution in [2.24, 2.45) is 5.10 Å². The number of fused-ring (bicyclic) bond motifs is 1. The van der Waals surface area contributed by atoms with Crippen LogP contribution in [0.1, 0.15) is 17.3 Å². The molecule has 1 unspecified atom stereocenters. The molecule has 4 rings (SSSR count). The van der Waals surface area contributed by atoms with E-state index in [0.29, 0.717) is 23.0 Å². The van der Waals surface area contributed by atoms with E-state index in [0.717, 1.165) is 5.75 Å². The highest BCUT2D eigenvalue weighted by molar-refractivity contribution is 8.14. The zero-order valence-electron chi connectivity index (χ0n) is 16.1. The van der Waals surface area contributed by atoms with Gasteiger partial charge in [-0.15, -0.1) is 0 Å². The SMILES string of the molecule is CCOc1ccc(N2C=CN3C(SCC(=O)c4ccc(F)cc4)=NNC3C2=O)cc1. The number of amidine groups is 1. The van der Waals surface area contributed by atoms with Crippen molar-refractivity contribution in [2.75, 3.05) is 17.3 Å². The maximum absolute atomic E-state index is 13.0. The fourth-order valence-electron chi connectivity index (χ4n) is 3.05. The highest BCUT2D eigenvalue weighted by Crippen LogP contribution is 2.27. The highest BCUT2D eigenvalue weighted by atomic mass is 32.2. The molecule has 2 heterocycles. The molecule has 154 valence electrons. The smallest absolute Gasteiger partial charge is 0.276 e. The largest absolute Gasteiger partial charge is 0.494 e. The third-order valence-electron chi connectivity index (χ3n) is 4.55. The summed E-state index contributed by atoms with van der Waals surface area (Å²) in [6.07, 6.45) is 2.74. The van der Waals surface area contributed by atoms with Crippen LogP contribution < -0.4 is 15.1 Å². The molecule has 2 aliphatic heterocycles. The van der Waals surface area contributed by atoms with Gasteiger partial charge in [0.2, 0.25) is 6.17 Å². The summed E-state index contributed by atoms with van der Waals surface area (Å²) in [5.41, 5.74) is 3.97. The Hall–Kier alpha value is -3.33. The fraction of sp³-hybridized carbons (Fsp3) is 0.190. The number of amides is 1. The third kappa shape index (κ3) is 4.02. The predicted molar refractivity (Wildman–Crippen MR) is 114 cm³/mol. The summed E-state index contributed by atoms with van der Waals surface area (Å²) in [6.45, 7) is 2.48. The van der Waals surface area contributed by atoms with E-state index in [4.69, 9.17) is 4.74 Å². The lowest BCUT2D eigenvalue weighted by Crippen LogP contribution is -2.52. The molecule has 2 aliphatic rings.